The van der Waals surface area contributed by atoms with E-state index in [1.807, 2.05) is 0 Å². The molecule has 0 radical (unpaired) electrons. The van der Waals surface area contributed by atoms with Crippen LogP contribution in [0.5, 0.6) is 0 Å². The van der Waals surface area contributed by atoms with Gasteiger partial charge in [-0.25, -0.2) is 5.43 Å². The lowest BCUT2D eigenvalue weighted by atomic mass is 10.4. The van der Waals surface area contributed by atoms with Gasteiger partial charge in [-0.1, -0.05) is 0 Å². The molecule has 6 N–H and O–H groups in total. The maximum Gasteiger partial charge on any atom is 0.0900 e. The molecule has 0 aromatic rings. The molecule has 1 atom stereocenters. The van der Waals surface area contributed by atoms with Crippen LogP contribution >= 0.6 is 0 Å². The molecule has 4 nitrogen and oxygen atoms in total. The molecular formula is C4H11N3O. The van der Waals surface area contributed by atoms with Crippen LogP contribution in [-0.2, 0) is 0 Å². The maximum atomic E-state index is 8.54. The Bertz CT molecular complexity index is 87.3. The van der Waals surface area contributed by atoms with Gasteiger partial charge in [-0.3, -0.25) is 5.84 Å². The lowest BCUT2D eigenvalue weighted by molar-refractivity contribution is 0.406. The summed E-state index contributed by atoms with van der Waals surface area (Å²) in [5.74, 6) is 5.05. The van der Waals surface area contributed by atoms with Crippen LogP contribution in [0.15, 0.2) is 11.8 Å². The number of aliphatic hydroxyl groups is 1. The summed E-state index contributed by atoms with van der Waals surface area (Å²) in [6.07, 6.45) is 0.944. The molecule has 0 aromatic heterocycles. The number of nitrogens with two attached hydrogens (primary N) is 2. The molecule has 0 rings (SSSR count). The van der Waals surface area contributed by atoms with E-state index in [1.54, 1.807) is 0 Å². The van der Waals surface area contributed by atoms with Gasteiger partial charge in [0.05, 0.1) is 11.9 Å². The van der Waals surface area contributed by atoms with Gasteiger partial charge >= 0.3 is 0 Å². The van der Waals surface area contributed by atoms with Gasteiger partial charge in [0.25, 0.3) is 0 Å². The fourth-order valence-electron chi connectivity index (χ4n) is 0.308. The lowest BCUT2D eigenvalue weighted by Crippen LogP contribution is -2.40. The standard InChI is InChI=1S/C4H11N3O/c1-3(8)2-4(5)7-6/h2,4,7-8H,5-6H2,1H3/b3-2-. The fourth-order valence-corrected chi connectivity index (χ4v) is 0.308. The molecule has 0 amide bonds. The Morgan fingerprint density at radius 1 is 1.88 bits per heavy atom. The van der Waals surface area contributed by atoms with Crippen molar-refractivity contribution in [2.45, 2.75) is 13.1 Å². The number of nitrogens with one attached hydrogen (secondary N) is 1. The van der Waals surface area contributed by atoms with Crippen molar-refractivity contribution in [3.05, 3.63) is 11.8 Å². The molecule has 0 spiro atoms. The zero-order valence-corrected chi connectivity index (χ0v) is 4.76. The smallest absolute Gasteiger partial charge is 0.0900 e. The summed E-state index contributed by atoms with van der Waals surface area (Å²) in [6.45, 7) is 1.52. The molecule has 1 unspecified atom stereocenters. The first kappa shape index (κ1) is 7.42. The van der Waals surface area contributed by atoms with Crippen molar-refractivity contribution in [2.24, 2.45) is 11.6 Å². The first-order valence-electron chi connectivity index (χ1n) is 2.26. The largest absolute Gasteiger partial charge is 0.513 e. The van der Waals surface area contributed by atoms with Crippen LogP contribution in [0.2, 0.25) is 0 Å². The van der Waals surface area contributed by atoms with Crippen molar-refractivity contribution in [3.8, 4) is 0 Å². The van der Waals surface area contributed by atoms with Crippen molar-refractivity contribution < 1.29 is 5.11 Å². The van der Waals surface area contributed by atoms with Crippen LogP contribution in [0.3, 0.4) is 0 Å². The van der Waals surface area contributed by atoms with E-state index < -0.39 is 6.17 Å². The van der Waals surface area contributed by atoms with Crippen molar-refractivity contribution in [1.29, 1.82) is 0 Å². The molecule has 0 saturated carbocycles. The zero-order chi connectivity index (χ0) is 6.57. The Labute approximate surface area is 48.1 Å². The third-order valence-electron chi connectivity index (χ3n) is 0.613. The van der Waals surface area contributed by atoms with Crippen molar-refractivity contribution >= 4 is 0 Å². The minimum Gasteiger partial charge on any atom is -0.513 e. The maximum absolute atomic E-state index is 8.54. The average molecular weight is 117 g/mol. The van der Waals surface area contributed by atoms with E-state index in [0.29, 0.717) is 0 Å². The SMILES string of the molecule is C/C(O)=C/C(N)NN. The molecule has 8 heavy (non-hydrogen) atoms. The van der Waals surface area contributed by atoms with Crippen LogP contribution in [0.4, 0.5) is 0 Å². The molecule has 0 fully saturated rings. The van der Waals surface area contributed by atoms with Crippen molar-refractivity contribution in [1.82, 2.24) is 5.43 Å². The Morgan fingerprint density at radius 2 is 2.38 bits per heavy atom. The molecule has 0 aliphatic heterocycles. The van der Waals surface area contributed by atoms with Gasteiger partial charge in [-0.15, -0.1) is 0 Å². The van der Waals surface area contributed by atoms with Crippen molar-refractivity contribution in [2.75, 3.05) is 0 Å². The topological polar surface area (TPSA) is 84.3 Å². The third kappa shape index (κ3) is 3.60. The molecule has 0 aliphatic carbocycles. The van der Waals surface area contributed by atoms with Crippen LogP contribution in [-0.4, -0.2) is 11.3 Å². The van der Waals surface area contributed by atoms with Crippen LogP contribution in [0.25, 0.3) is 0 Å². The predicted octanol–water partition coefficient (Wildman–Crippen LogP) is -0.804. The number of aliphatic hydroxyl groups excluding tert-OH is 1. The van der Waals surface area contributed by atoms with Gasteiger partial charge in [0, 0.05) is 0 Å². The number of hydrogen-bond donors (Lipinski definition) is 4. The Kier molecular flexibility index (Phi) is 3.18. The summed E-state index contributed by atoms with van der Waals surface area (Å²) in [5, 5.41) is 8.54. The first-order chi connectivity index (χ1) is 3.66. The number of hydrogen-bond acceptors (Lipinski definition) is 4. The van der Waals surface area contributed by atoms with Crippen molar-refractivity contribution in [3.63, 3.8) is 0 Å². The Hall–Kier alpha value is -0.580. The van der Waals surface area contributed by atoms with Gasteiger partial charge in [-0.2, -0.15) is 0 Å². The van der Waals surface area contributed by atoms with E-state index in [4.69, 9.17) is 16.7 Å². The van der Waals surface area contributed by atoms with E-state index in [0.717, 1.165) is 0 Å². The van der Waals surface area contributed by atoms with Gasteiger partial charge < -0.3 is 10.8 Å². The summed E-state index contributed by atoms with van der Waals surface area (Å²) < 4.78 is 0. The number of allylic oxidation sites excluding steroid dienone is 1. The minimum absolute atomic E-state index is 0.162. The van der Waals surface area contributed by atoms with E-state index in [9.17, 15) is 0 Å². The molecule has 4 heteroatoms. The summed E-state index contributed by atoms with van der Waals surface area (Å²) in [5.41, 5.74) is 7.44. The molecule has 0 heterocycles. The Morgan fingerprint density at radius 3 is 2.50 bits per heavy atom. The highest BCUT2D eigenvalue weighted by molar-refractivity contribution is 4.92. The summed E-state index contributed by atoms with van der Waals surface area (Å²) in [6, 6.07) is 0. The predicted molar refractivity (Wildman–Crippen MR) is 31.7 cm³/mol. The second-order valence-corrected chi connectivity index (χ2v) is 1.50. The summed E-state index contributed by atoms with van der Waals surface area (Å²) >= 11 is 0. The summed E-state index contributed by atoms with van der Waals surface area (Å²) in [7, 11) is 0. The van der Waals surface area contributed by atoms with Gasteiger partial charge in [0.2, 0.25) is 0 Å². The van der Waals surface area contributed by atoms with Gasteiger partial charge in [0.15, 0.2) is 0 Å². The van der Waals surface area contributed by atoms with E-state index in [2.05, 4.69) is 5.43 Å². The van der Waals surface area contributed by atoms with Crippen LogP contribution < -0.4 is 17.0 Å². The number of hydrazine groups is 1. The van der Waals surface area contributed by atoms with E-state index in [1.165, 1.54) is 13.0 Å². The summed E-state index contributed by atoms with van der Waals surface area (Å²) in [4.78, 5) is 0. The molecule has 0 aromatic carbocycles. The third-order valence-corrected chi connectivity index (χ3v) is 0.613. The Balaban J connectivity index is 3.51. The van der Waals surface area contributed by atoms with Gasteiger partial charge in [-0.05, 0) is 13.0 Å². The highest BCUT2D eigenvalue weighted by Gasteiger charge is 1.90. The first-order valence-corrected chi connectivity index (χ1v) is 2.26. The van der Waals surface area contributed by atoms with E-state index >= 15 is 0 Å². The lowest BCUT2D eigenvalue weighted by Gasteiger charge is -2.01. The molecule has 0 aliphatic rings. The average Bonchev–Trinajstić information content (AvgIpc) is 1.65. The molecular weight excluding hydrogens is 106 g/mol. The molecule has 0 saturated heterocycles. The quantitative estimate of drug-likeness (QED) is 0.165. The number of rotatable bonds is 2. The van der Waals surface area contributed by atoms with Gasteiger partial charge in [0.1, 0.15) is 0 Å². The minimum atomic E-state index is -0.458. The van der Waals surface area contributed by atoms with E-state index in [-0.39, 0.29) is 5.76 Å². The van der Waals surface area contributed by atoms with Crippen LogP contribution in [0, 0.1) is 0 Å². The monoisotopic (exact) mass is 117 g/mol. The molecule has 48 valence electrons. The zero-order valence-electron chi connectivity index (χ0n) is 4.76. The normalized spacial score (nSPS) is 16.1. The second kappa shape index (κ2) is 3.43. The molecule has 0 bridgehead atoms. The fraction of sp³-hybridized carbons (Fsp3) is 0.500. The highest BCUT2D eigenvalue weighted by atomic mass is 16.3. The highest BCUT2D eigenvalue weighted by Crippen LogP contribution is 1.82. The van der Waals surface area contributed by atoms with Crippen LogP contribution in [0.1, 0.15) is 6.92 Å². The second-order valence-electron chi connectivity index (χ2n) is 1.50.